The summed E-state index contributed by atoms with van der Waals surface area (Å²) in [6.07, 6.45) is 0. The largest absolute Gasteiger partial charge is 0.322 e. The van der Waals surface area contributed by atoms with Gasteiger partial charge in [-0.25, -0.2) is 4.98 Å². The molecular weight excluding hydrogens is 389 g/mol. The van der Waals surface area contributed by atoms with Gasteiger partial charge in [-0.2, -0.15) is 0 Å². The highest BCUT2D eigenvalue weighted by Gasteiger charge is 2.13. The van der Waals surface area contributed by atoms with Crippen LogP contribution >= 0.6 is 34.2 Å². The molecule has 102 valence electrons. The van der Waals surface area contributed by atoms with Gasteiger partial charge in [0.05, 0.1) is 5.52 Å². The summed E-state index contributed by atoms with van der Waals surface area (Å²) >= 11 is 8.43. The molecule has 4 nitrogen and oxygen atoms in total. The molecule has 3 rings (SSSR count). The number of fused-ring (bicyclic) bond motifs is 1. The molecule has 0 radical (unpaired) electrons. The van der Waals surface area contributed by atoms with Gasteiger partial charge in [0.25, 0.3) is 0 Å². The third-order valence-electron chi connectivity index (χ3n) is 3.22. The highest BCUT2D eigenvalue weighted by Crippen LogP contribution is 2.27. The van der Waals surface area contributed by atoms with Crippen LogP contribution < -0.4 is 5.56 Å². The molecule has 0 fully saturated rings. The normalized spacial score (nSPS) is 11.2. The van der Waals surface area contributed by atoms with Gasteiger partial charge in [-0.15, -0.1) is 0 Å². The molecule has 0 atom stereocenters. The maximum absolute atomic E-state index is 11.4. The quantitative estimate of drug-likeness (QED) is 0.636. The Balaban J connectivity index is 2.33. The van der Waals surface area contributed by atoms with Crippen molar-refractivity contribution in [3.8, 4) is 5.69 Å². The van der Waals surface area contributed by atoms with Crippen LogP contribution in [-0.4, -0.2) is 14.5 Å². The van der Waals surface area contributed by atoms with E-state index >= 15 is 0 Å². The van der Waals surface area contributed by atoms with Crippen LogP contribution in [0, 0.1) is 17.5 Å². The minimum atomic E-state index is -0.0975. The van der Waals surface area contributed by atoms with Gasteiger partial charge in [-0.05, 0) is 60.2 Å². The van der Waals surface area contributed by atoms with Crippen LogP contribution in [0.25, 0.3) is 16.6 Å². The van der Waals surface area contributed by atoms with Crippen LogP contribution in [0.15, 0.2) is 29.1 Å². The number of H-pyrrole nitrogens is 1. The van der Waals surface area contributed by atoms with E-state index in [9.17, 15) is 4.79 Å². The Morgan fingerprint density at radius 2 is 2.05 bits per heavy atom. The minimum Gasteiger partial charge on any atom is -0.322 e. The minimum absolute atomic E-state index is 0.0975. The van der Waals surface area contributed by atoms with E-state index in [0.29, 0.717) is 5.15 Å². The first-order valence-electron chi connectivity index (χ1n) is 6.02. The zero-order valence-corrected chi connectivity index (χ0v) is 13.8. The summed E-state index contributed by atoms with van der Waals surface area (Å²) in [6, 6.07) is 7.33. The monoisotopic (exact) mass is 399 g/mol. The molecule has 1 aromatic carbocycles. The molecule has 0 amide bonds. The van der Waals surface area contributed by atoms with Crippen molar-refractivity contribution in [2.45, 2.75) is 13.8 Å². The number of aromatic nitrogens is 3. The number of imidazole rings is 1. The standard InChI is InChI=1S/C14H11ClIN3O/c1-7-5-10(19-8(2)17-14(16)13(19)15)6-9-3-4-11(20)18-12(7)9/h3-6H,1-2H3,(H,18,20). The van der Waals surface area contributed by atoms with Gasteiger partial charge in [0.1, 0.15) is 14.7 Å². The molecule has 2 aromatic heterocycles. The predicted molar refractivity (Wildman–Crippen MR) is 88.9 cm³/mol. The van der Waals surface area contributed by atoms with Crippen LogP contribution in [0.2, 0.25) is 5.15 Å². The van der Waals surface area contributed by atoms with E-state index in [1.54, 1.807) is 0 Å². The van der Waals surface area contributed by atoms with Crippen LogP contribution in [0.1, 0.15) is 11.4 Å². The van der Waals surface area contributed by atoms with E-state index < -0.39 is 0 Å². The SMILES string of the molecule is Cc1cc(-n2c(C)nc(I)c2Cl)cc2ccc(=O)[nH]c12. The lowest BCUT2D eigenvalue weighted by atomic mass is 10.1. The molecular formula is C14H11ClIN3O. The molecule has 2 heterocycles. The van der Waals surface area contributed by atoms with Crippen molar-refractivity contribution in [1.82, 2.24) is 14.5 Å². The first-order chi connectivity index (χ1) is 9.47. The van der Waals surface area contributed by atoms with Crippen molar-refractivity contribution in [3.63, 3.8) is 0 Å². The fraction of sp³-hybridized carbons (Fsp3) is 0.143. The lowest BCUT2D eigenvalue weighted by molar-refractivity contribution is 0.975. The average Bonchev–Trinajstić information content (AvgIpc) is 2.64. The molecule has 3 aromatic rings. The van der Waals surface area contributed by atoms with Crippen LogP contribution in [0.5, 0.6) is 0 Å². The van der Waals surface area contributed by atoms with Crippen LogP contribution in [-0.2, 0) is 0 Å². The highest BCUT2D eigenvalue weighted by molar-refractivity contribution is 14.1. The molecule has 0 saturated heterocycles. The van der Waals surface area contributed by atoms with E-state index in [0.717, 1.165) is 31.7 Å². The number of rotatable bonds is 1. The van der Waals surface area contributed by atoms with Crippen molar-refractivity contribution < 1.29 is 0 Å². The average molecular weight is 400 g/mol. The third kappa shape index (κ3) is 2.14. The molecule has 0 aliphatic carbocycles. The molecule has 0 spiro atoms. The van der Waals surface area contributed by atoms with Crippen LogP contribution in [0.4, 0.5) is 0 Å². The maximum Gasteiger partial charge on any atom is 0.248 e. The van der Waals surface area contributed by atoms with Crippen LogP contribution in [0.3, 0.4) is 0 Å². The number of halogens is 2. The number of aromatic amines is 1. The summed E-state index contributed by atoms with van der Waals surface area (Å²) in [6.45, 7) is 3.88. The second kappa shape index (κ2) is 4.89. The lowest BCUT2D eigenvalue weighted by Crippen LogP contribution is -2.05. The zero-order valence-electron chi connectivity index (χ0n) is 10.9. The third-order valence-corrected chi connectivity index (χ3v) is 4.64. The van der Waals surface area contributed by atoms with Gasteiger partial charge in [0.2, 0.25) is 5.56 Å². The summed E-state index contributed by atoms with van der Waals surface area (Å²) in [5.41, 5.74) is 2.69. The van der Waals surface area contributed by atoms with E-state index in [1.165, 1.54) is 6.07 Å². The summed E-state index contributed by atoms with van der Waals surface area (Å²) in [5.74, 6) is 0.836. The number of benzene rings is 1. The summed E-state index contributed by atoms with van der Waals surface area (Å²) < 4.78 is 2.68. The number of hydrogen-bond donors (Lipinski definition) is 1. The number of aryl methyl sites for hydroxylation is 2. The van der Waals surface area contributed by atoms with E-state index in [1.807, 2.05) is 36.6 Å². The molecule has 0 unspecified atom stereocenters. The molecule has 0 saturated carbocycles. The van der Waals surface area contributed by atoms with Crippen molar-refractivity contribution >= 4 is 45.1 Å². The fourth-order valence-corrected chi connectivity index (χ4v) is 3.18. The van der Waals surface area contributed by atoms with Crippen molar-refractivity contribution in [3.05, 3.63) is 54.9 Å². The van der Waals surface area contributed by atoms with Crippen molar-refractivity contribution in [2.24, 2.45) is 0 Å². The van der Waals surface area contributed by atoms with Gasteiger partial charge < -0.3 is 4.98 Å². The lowest BCUT2D eigenvalue weighted by Gasteiger charge is -2.10. The first-order valence-corrected chi connectivity index (χ1v) is 7.47. The van der Waals surface area contributed by atoms with Crippen molar-refractivity contribution in [2.75, 3.05) is 0 Å². The highest BCUT2D eigenvalue weighted by atomic mass is 127. The summed E-state index contributed by atoms with van der Waals surface area (Å²) in [4.78, 5) is 18.6. The fourth-order valence-electron chi connectivity index (χ4n) is 2.33. The molecule has 0 aliphatic heterocycles. The summed E-state index contributed by atoms with van der Waals surface area (Å²) in [5, 5.41) is 1.57. The Kier molecular flexibility index (Phi) is 3.33. The van der Waals surface area contributed by atoms with E-state index in [4.69, 9.17) is 11.6 Å². The smallest absolute Gasteiger partial charge is 0.248 e. The summed E-state index contributed by atoms with van der Waals surface area (Å²) in [7, 11) is 0. The Labute approximate surface area is 133 Å². The molecule has 0 aliphatic rings. The topological polar surface area (TPSA) is 50.7 Å². The zero-order chi connectivity index (χ0) is 14.4. The Bertz CT molecular complexity index is 882. The van der Waals surface area contributed by atoms with Gasteiger partial charge >= 0.3 is 0 Å². The van der Waals surface area contributed by atoms with E-state index in [-0.39, 0.29) is 5.56 Å². The van der Waals surface area contributed by atoms with Gasteiger partial charge in [0, 0.05) is 17.1 Å². The molecule has 1 N–H and O–H groups in total. The number of pyridine rings is 1. The van der Waals surface area contributed by atoms with E-state index in [2.05, 4.69) is 32.6 Å². The molecule has 0 bridgehead atoms. The Hall–Kier alpha value is -1.34. The number of nitrogens with one attached hydrogen (secondary N) is 1. The van der Waals surface area contributed by atoms with Gasteiger partial charge in [0.15, 0.2) is 0 Å². The molecule has 6 heteroatoms. The first kappa shape index (κ1) is 13.6. The Morgan fingerprint density at radius 1 is 1.30 bits per heavy atom. The van der Waals surface area contributed by atoms with Gasteiger partial charge in [-0.1, -0.05) is 11.6 Å². The second-order valence-corrected chi connectivity index (χ2v) is 6.01. The van der Waals surface area contributed by atoms with Gasteiger partial charge in [-0.3, -0.25) is 9.36 Å². The van der Waals surface area contributed by atoms with Crippen molar-refractivity contribution in [1.29, 1.82) is 0 Å². The number of nitrogens with zero attached hydrogens (tertiary/aromatic N) is 2. The Morgan fingerprint density at radius 3 is 2.70 bits per heavy atom. The second-order valence-electron chi connectivity index (χ2n) is 4.63. The predicted octanol–water partition coefficient (Wildman–Crippen LogP) is 3.59. The molecule has 20 heavy (non-hydrogen) atoms. The maximum atomic E-state index is 11.4. The number of hydrogen-bond acceptors (Lipinski definition) is 2.